The average molecular weight is 468 g/mol. The van der Waals surface area contributed by atoms with Gasteiger partial charge in [0.25, 0.3) is 5.56 Å². The molecule has 0 amide bonds. The zero-order valence-electron chi connectivity index (χ0n) is 15.1. The van der Waals surface area contributed by atoms with Crippen molar-refractivity contribution in [2.75, 3.05) is 4.43 Å². The fraction of sp³-hybridized carbons (Fsp3) is 0.737. The van der Waals surface area contributed by atoms with Gasteiger partial charge in [0.2, 0.25) is 0 Å². The summed E-state index contributed by atoms with van der Waals surface area (Å²) in [6.45, 7) is 3.04. The number of imidazole rings is 1. The summed E-state index contributed by atoms with van der Waals surface area (Å²) in [7, 11) is 0. The van der Waals surface area contributed by atoms with Crippen LogP contribution in [0.5, 0.6) is 0 Å². The van der Waals surface area contributed by atoms with Crippen molar-refractivity contribution in [3.8, 4) is 0 Å². The molecule has 2 aromatic rings. The maximum absolute atomic E-state index is 12.9. The van der Waals surface area contributed by atoms with Crippen LogP contribution in [-0.2, 0) is 18.5 Å². The minimum absolute atomic E-state index is 0.114. The minimum Gasteiger partial charge on any atom is -0.336 e. The average Bonchev–Trinajstić information content (AvgIpc) is 3.25. The molecule has 7 heteroatoms. The topological polar surface area (TPSA) is 72.7 Å². The summed E-state index contributed by atoms with van der Waals surface area (Å²) in [5.74, 6) is 3.48. The van der Waals surface area contributed by atoms with Gasteiger partial charge in [-0.1, -0.05) is 29.5 Å². The second kappa shape index (κ2) is 5.94. The Morgan fingerprint density at radius 1 is 1.15 bits per heavy atom. The zero-order chi connectivity index (χ0) is 18.1. The summed E-state index contributed by atoms with van der Waals surface area (Å²) >= 11 is 2.27. The number of nitrogens with zero attached hydrogens (tertiary/aromatic N) is 3. The van der Waals surface area contributed by atoms with Crippen molar-refractivity contribution in [3.63, 3.8) is 0 Å². The molecule has 0 saturated heterocycles. The second-order valence-electron chi connectivity index (χ2n) is 8.61. The molecule has 4 aliphatic carbocycles. The number of aromatic nitrogens is 4. The Balaban J connectivity index is 1.70. The van der Waals surface area contributed by atoms with Gasteiger partial charge in [-0.15, -0.1) is 0 Å². The normalized spacial score (nSPS) is 32.2. The maximum Gasteiger partial charge on any atom is 0.332 e. The van der Waals surface area contributed by atoms with Crippen LogP contribution in [0.25, 0.3) is 11.2 Å². The van der Waals surface area contributed by atoms with Gasteiger partial charge < -0.3 is 4.98 Å². The third-order valence-corrected chi connectivity index (χ3v) is 7.53. The first-order chi connectivity index (χ1) is 12.6. The van der Waals surface area contributed by atoms with E-state index in [1.54, 1.807) is 4.57 Å². The molecule has 0 spiro atoms. The lowest BCUT2D eigenvalue weighted by atomic mass is 9.69. The van der Waals surface area contributed by atoms with E-state index in [0.29, 0.717) is 24.3 Å². The van der Waals surface area contributed by atoms with E-state index in [9.17, 15) is 9.59 Å². The van der Waals surface area contributed by atoms with E-state index < -0.39 is 0 Å². The number of alkyl halides is 1. The Bertz CT molecular complexity index is 968. The molecule has 0 aromatic carbocycles. The van der Waals surface area contributed by atoms with Crippen LogP contribution in [0.4, 0.5) is 0 Å². The largest absolute Gasteiger partial charge is 0.336 e. The van der Waals surface area contributed by atoms with E-state index in [1.807, 2.05) is 6.92 Å². The summed E-state index contributed by atoms with van der Waals surface area (Å²) in [5.41, 5.74) is 0.781. The smallest absolute Gasteiger partial charge is 0.332 e. The first kappa shape index (κ1) is 17.0. The van der Waals surface area contributed by atoms with E-state index in [2.05, 4.69) is 27.6 Å². The van der Waals surface area contributed by atoms with Crippen molar-refractivity contribution in [2.45, 2.75) is 64.0 Å². The Labute approximate surface area is 165 Å². The lowest BCUT2D eigenvalue weighted by molar-refractivity contribution is 0.220. The fourth-order valence-corrected chi connectivity index (χ4v) is 6.71. The standard InChI is InChI=1S/C19H25IN4O2/c1-2-4-24-16(25)14-15(23(5-3-20)18(24)26)22-17(21-14)19-8-11-6-12(9-19)13(7-11)10-19/h11-13H,2-10H2,1H3,(H,21,22). The first-order valence-electron chi connectivity index (χ1n) is 9.86. The number of hydrogen-bond donors (Lipinski definition) is 1. The van der Waals surface area contributed by atoms with Gasteiger partial charge in [-0.25, -0.2) is 9.78 Å². The van der Waals surface area contributed by atoms with Crippen LogP contribution in [0.2, 0.25) is 0 Å². The van der Waals surface area contributed by atoms with Crippen LogP contribution in [0.3, 0.4) is 0 Å². The monoisotopic (exact) mass is 468 g/mol. The van der Waals surface area contributed by atoms with Crippen LogP contribution >= 0.6 is 22.6 Å². The van der Waals surface area contributed by atoms with Gasteiger partial charge in [0.1, 0.15) is 11.3 Å². The number of hydrogen-bond acceptors (Lipinski definition) is 3. The highest BCUT2D eigenvalue weighted by Crippen LogP contribution is 2.64. The predicted molar refractivity (Wildman–Crippen MR) is 109 cm³/mol. The molecular weight excluding hydrogens is 443 g/mol. The highest BCUT2D eigenvalue weighted by Gasteiger charge is 2.57. The highest BCUT2D eigenvalue weighted by molar-refractivity contribution is 14.1. The number of aryl methyl sites for hydroxylation is 1. The van der Waals surface area contributed by atoms with Crippen LogP contribution in [0, 0.1) is 17.8 Å². The lowest BCUT2D eigenvalue weighted by Crippen LogP contribution is -2.40. The van der Waals surface area contributed by atoms with Crippen LogP contribution in [0.1, 0.15) is 51.3 Å². The molecular formula is C19H25IN4O2. The predicted octanol–water partition coefficient (Wildman–Crippen LogP) is 2.81. The van der Waals surface area contributed by atoms with E-state index in [1.165, 1.54) is 36.7 Å². The molecule has 140 valence electrons. The third kappa shape index (κ3) is 2.24. The Kier molecular flexibility index (Phi) is 3.89. The molecule has 4 aliphatic rings. The van der Waals surface area contributed by atoms with Gasteiger partial charge in [-0.2, -0.15) is 0 Å². The number of H-pyrrole nitrogens is 1. The van der Waals surface area contributed by atoms with E-state index >= 15 is 0 Å². The van der Waals surface area contributed by atoms with Gasteiger partial charge in [0.05, 0.1) is 0 Å². The van der Waals surface area contributed by atoms with E-state index in [0.717, 1.165) is 34.4 Å². The van der Waals surface area contributed by atoms with Gasteiger partial charge in [0, 0.05) is 22.9 Å². The van der Waals surface area contributed by atoms with Crippen molar-refractivity contribution >= 4 is 33.8 Å². The van der Waals surface area contributed by atoms with Gasteiger partial charge in [-0.3, -0.25) is 13.9 Å². The number of fused-ring (bicyclic) bond motifs is 1. The quantitative estimate of drug-likeness (QED) is 0.542. The number of rotatable bonds is 5. The van der Waals surface area contributed by atoms with Gasteiger partial charge in [0.15, 0.2) is 5.65 Å². The molecule has 4 bridgehead atoms. The summed E-state index contributed by atoms with van der Waals surface area (Å²) in [4.78, 5) is 34.1. The highest BCUT2D eigenvalue weighted by atomic mass is 127. The molecule has 2 heterocycles. The summed E-state index contributed by atoms with van der Waals surface area (Å²) in [5, 5.41) is 0. The molecule has 0 aliphatic heterocycles. The molecule has 6 rings (SSSR count). The van der Waals surface area contributed by atoms with Crippen molar-refractivity contribution in [2.24, 2.45) is 17.8 Å². The molecule has 1 N–H and O–H groups in total. The molecule has 0 radical (unpaired) electrons. The van der Waals surface area contributed by atoms with Crippen LogP contribution in [0.15, 0.2) is 9.59 Å². The van der Waals surface area contributed by atoms with E-state index in [4.69, 9.17) is 4.98 Å². The van der Waals surface area contributed by atoms with E-state index in [-0.39, 0.29) is 16.7 Å². The van der Waals surface area contributed by atoms with Crippen LogP contribution < -0.4 is 11.2 Å². The maximum atomic E-state index is 12.9. The number of halogens is 1. The lowest BCUT2D eigenvalue weighted by Gasteiger charge is -2.36. The molecule has 6 nitrogen and oxygen atoms in total. The van der Waals surface area contributed by atoms with Crippen molar-refractivity contribution in [3.05, 3.63) is 26.7 Å². The number of nitrogens with one attached hydrogen (secondary N) is 1. The molecule has 4 saturated carbocycles. The summed E-state index contributed by atoms with van der Waals surface area (Å²) < 4.78 is 3.90. The first-order valence-corrected chi connectivity index (χ1v) is 11.4. The molecule has 2 unspecified atom stereocenters. The Morgan fingerprint density at radius 3 is 2.50 bits per heavy atom. The Morgan fingerprint density at radius 2 is 1.88 bits per heavy atom. The molecule has 26 heavy (non-hydrogen) atoms. The summed E-state index contributed by atoms with van der Waals surface area (Å²) in [6, 6.07) is 0. The van der Waals surface area contributed by atoms with Gasteiger partial charge >= 0.3 is 5.69 Å². The molecule has 2 atom stereocenters. The van der Waals surface area contributed by atoms with Gasteiger partial charge in [-0.05, 0) is 56.3 Å². The SMILES string of the molecule is CCCn1c(=O)c2[nH]c(C34CC5CC(C3)C(C5)C4)nc2n(CCI)c1=O. The van der Waals surface area contributed by atoms with Crippen molar-refractivity contribution in [1.29, 1.82) is 0 Å². The van der Waals surface area contributed by atoms with Crippen molar-refractivity contribution < 1.29 is 0 Å². The minimum atomic E-state index is -0.215. The molecule has 4 fully saturated rings. The molecule has 2 aromatic heterocycles. The fourth-order valence-electron chi connectivity index (χ4n) is 6.23. The zero-order valence-corrected chi connectivity index (χ0v) is 17.3. The van der Waals surface area contributed by atoms with Crippen molar-refractivity contribution in [1.82, 2.24) is 19.1 Å². The van der Waals surface area contributed by atoms with Crippen LogP contribution in [-0.4, -0.2) is 23.5 Å². The summed E-state index contributed by atoms with van der Waals surface area (Å²) in [6.07, 6.45) is 7.13. The third-order valence-electron chi connectivity index (χ3n) is 7.04. The second-order valence-corrected chi connectivity index (χ2v) is 9.69. The number of aromatic amines is 1. The Hall–Kier alpha value is -1.12.